The fourth-order valence-electron chi connectivity index (χ4n) is 2.91. The van der Waals surface area contributed by atoms with Crippen molar-refractivity contribution in [2.75, 3.05) is 6.61 Å². The van der Waals surface area contributed by atoms with Gasteiger partial charge in [0.05, 0.1) is 6.61 Å². The summed E-state index contributed by atoms with van der Waals surface area (Å²) in [6.07, 6.45) is 3.39. The molecule has 0 bridgehead atoms. The van der Waals surface area contributed by atoms with Crippen LogP contribution in [0.3, 0.4) is 0 Å². The fourth-order valence-corrected chi connectivity index (χ4v) is 2.91. The van der Waals surface area contributed by atoms with Gasteiger partial charge in [-0.05, 0) is 60.5 Å². The summed E-state index contributed by atoms with van der Waals surface area (Å²) in [5.41, 5.74) is 1.85. The van der Waals surface area contributed by atoms with Crippen molar-refractivity contribution in [2.45, 2.75) is 19.8 Å². The smallest absolute Gasteiger partial charge is 0.167 e. The SMILES string of the molecule is C=CCCc1ccc2cc(-c3ccc(OCC)cc3)c(F)c(F)c2c1. The zero-order valence-corrected chi connectivity index (χ0v) is 14.2. The molecule has 25 heavy (non-hydrogen) atoms. The van der Waals surface area contributed by atoms with E-state index in [0.29, 0.717) is 28.7 Å². The van der Waals surface area contributed by atoms with Gasteiger partial charge in [-0.2, -0.15) is 0 Å². The van der Waals surface area contributed by atoms with Crippen LogP contribution in [0.15, 0.2) is 61.2 Å². The lowest BCUT2D eigenvalue weighted by Crippen LogP contribution is -1.95. The van der Waals surface area contributed by atoms with Gasteiger partial charge in [-0.15, -0.1) is 6.58 Å². The molecule has 3 heteroatoms. The fraction of sp³-hybridized carbons (Fsp3) is 0.182. The summed E-state index contributed by atoms with van der Waals surface area (Å²) in [5.74, 6) is -0.917. The number of hydrogen-bond donors (Lipinski definition) is 0. The zero-order chi connectivity index (χ0) is 17.8. The van der Waals surface area contributed by atoms with Gasteiger partial charge in [-0.25, -0.2) is 8.78 Å². The highest BCUT2D eigenvalue weighted by atomic mass is 19.2. The van der Waals surface area contributed by atoms with E-state index in [1.807, 2.05) is 25.1 Å². The van der Waals surface area contributed by atoms with Gasteiger partial charge in [0.2, 0.25) is 0 Å². The van der Waals surface area contributed by atoms with E-state index in [9.17, 15) is 8.78 Å². The molecule has 0 fully saturated rings. The predicted molar refractivity (Wildman–Crippen MR) is 99.0 cm³/mol. The van der Waals surface area contributed by atoms with Crippen molar-refractivity contribution < 1.29 is 13.5 Å². The van der Waals surface area contributed by atoms with Crippen LogP contribution in [-0.2, 0) is 6.42 Å². The summed E-state index contributed by atoms with van der Waals surface area (Å²) < 4.78 is 34.6. The summed E-state index contributed by atoms with van der Waals surface area (Å²) in [6, 6.07) is 14.2. The minimum Gasteiger partial charge on any atom is -0.494 e. The van der Waals surface area contributed by atoms with Crippen LogP contribution in [0, 0.1) is 11.6 Å². The molecule has 128 valence electrons. The van der Waals surface area contributed by atoms with Gasteiger partial charge < -0.3 is 4.74 Å². The molecule has 0 atom stereocenters. The molecule has 0 aliphatic carbocycles. The monoisotopic (exact) mass is 338 g/mol. The lowest BCUT2D eigenvalue weighted by atomic mass is 9.97. The minimum absolute atomic E-state index is 0.256. The quantitative estimate of drug-likeness (QED) is 0.479. The number of halogens is 2. The number of rotatable bonds is 6. The van der Waals surface area contributed by atoms with Gasteiger partial charge in [0.25, 0.3) is 0 Å². The van der Waals surface area contributed by atoms with Crippen LogP contribution in [0.4, 0.5) is 8.78 Å². The van der Waals surface area contributed by atoms with Crippen molar-refractivity contribution in [1.29, 1.82) is 0 Å². The topological polar surface area (TPSA) is 9.23 Å². The molecule has 1 nitrogen and oxygen atoms in total. The first-order valence-electron chi connectivity index (χ1n) is 8.38. The number of aryl methyl sites for hydroxylation is 1. The first kappa shape index (κ1) is 17.2. The Morgan fingerprint density at radius 2 is 1.76 bits per heavy atom. The van der Waals surface area contributed by atoms with Crippen molar-refractivity contribution in [2.24, 2.45) is 0 Å². The summed E-state index contributed by atoms with van der Waals surface area (Å²) in [4.78, 5) is 0. The van der Waals surface area contributed by atoms with E-state index in [0.717, 1.165) is 18.4 Å². The average Bonchev–Trinajstić information content (AvgIpc) is 2.64. The minimum atomic E-state index is -0.822. The van der Waals surface area contributed by atoms with Gasteiger partial charge in [0, 0.05) is 10.9 Å². The molecule has 0 radical (unpaired) electrons. The second kappa shape index (κ2) is 7.47. The van der Waals surface area contributed by atoms with E-state index in [1.54, 1.807) is 36.4 Å². The second-order valence-electron chi connectivity index (χ2n) is 5.89. The van der Waals surface area contributed by atoms with Crippen LogP contribution in [-0.4, -0.2) is 6.61 Å². The van der Waals surface area contributed by atoms with Crippen LogP contribution >= 0.6 is 0 Å². The molecule has 0 N–H and O–H groups in total. The Balaban J connectivity index is 2.04. The summed E-state index contributed by atoms with van der Waals surface area (Å²) in [5, 5.41) is 0.999. The Labute approximate surface area is 146 Å². The van der Waals surface area contributed by atoms with Gasteiger partial charge >= 0.3 is 0 Å². The molecule has 0 aliphatic rings. The molecule has 3 aromatic rings. The third kappa shape index (κ3) is 3.55. The zero-order valence-electron chi connectivity index (χ0n) is 14.2. The first-order valence-corrected chi connectivity index (χ1v) is 8.38. The molecule has 3 aromatic carbocycles. The van der Waals surface area contributed by atoms with Crippen molar-refractivity contribution in [3.63, 3.8) is 0 Å². The Morgan fingerprint density at radius 3 is 2.44 bits per heavy atom. The number of benzene rings is 3. The van der Waals surface area contributed by atoms with Crippen LogP contribution in [0.5, 0.6) is 5.75 Å². The van der Waals surface area contributed by atoms with Crippen molar-refractivity contribution in [1.82, 2.24) is 0 Å². The highest BCUT2D eigenvalue weighted by molar-refractivity contribution is 5.89. The lowest BCUT2D eigenvalue weighted by Gasteiger charge is -2.10. The molecule has 0 heterocycles. The summed E-state index contributed by atoms with van der Waals surface area (Å²) in [7, 11) is 0. The van der Waals surface area contributed by atoms with Crippen molar-refractivity contribution in [3.05, 3.63) is 78.4 Å². The largest absolute Gasteiger partial charge is 0.494 e. The summed E-state index contributed by atoms with van der Waals surface area (Å²) in [6.45, 7) is 6.15. The van der Waals surface area contributed by atoms with Crippen LogP contribution in [0.25, 0.3) is 21.9 Å². The van der Waals surface area contributed by atoms with Gasteiger partial charge in [-0.1, -0.05) is 30.3 Å². The molecule has 0 spiro atoms. The first-order chi connectivity index (χ1) is 12.1. The average molecular weight is 338 g/mol. The third-order valence-electron chi connectivity index (χ3n) is 4.20. The van der Waals surface area contributed by atoms with E-state index in [4.69, 9.17) is 4.74 Å². The maximum atomic E-state index is 14.6. The van der Waals surface area contributed by atoms with Crippen LogP contribution in [0.1, 0.15) is 18.9 Å². The number of allylic oxidation sites excluding steroid dienone is 1. The Bertz CT molecular complexity index is 898. The van der Waals surface area contributed by atoms with E-state index < -0.39 is 11.6 Å². The molecule has 3 rings (SSSR count). The van der Waals surface area contributed by atoms with Gasteiger partial charge in [0.15, 0.2) is 11.6 Å². The predicted octanol–water partition coefficient (Wildman–Crippen LogP) is 6.30. The van der Waals surface area contributed by atoms with Crippen LogP contribution in [0.2, 0.25) is 0 Å². The van der Waals surface area contributed by atoms with E-state index >= 15 is 0 Å². The molecule has 0 amide bonds. The van der Waals surface area contributed by atoms with Crippen LogP contribution < -0.4 is 4.74 Å². The highest BCUT2D eigenvalue weighted by Crippen LogP contribution is 2.32. The molecule has 0 aromatic heterocycles. The van der Waals surface area contributed by atoms with E-state index in [-0.39, 0.29) is 5.56 Å². The molecule has 0 unspecified atom stereocenters. The molecule has 0 saturated heterocycles. The van der Waals surface area contributed by atoms with E-state index in [1.165, 1.54) is 0 Å². The van der Waals surface area contributed by atoms with E-state index in [2.05, 4.69) is 6.58 Å². The normalized spacial score (nSPS) is 10.8. The number of ether oxygens (including phenoxy) is 1. The van der Waals surface area contributed by atoms with Crippen molar-refractivity contribution >= 4 is 10.8 Å². The molecule has 0 aliphatic heterocycles. The van der Waals surface area contributed by atoms with Gasteiger partial charge in [-0.3, -0.25) is 0 Å². The van der Waals surface area contributed by atoms with Gasteiger partial charge in [0.1, 0.15) is 5.75 Å². The lowest BCUT2D eigenvalue weighted by molar-refractivity contribution is 0.340. The number of fused-ring (bicyclic) bond motifs is 1. The highest BCUT2D eigenvalue weighted by Gasteiger charge is 2.15. The molecular formula is C22H20F2O. The maximum Gasteiger partial charge on any atom is 0.167 e. The molecule has 0 saturated carbocycles. The third-order valence-corrected chi connectivity index (χ3v) is 4.20. The maximum absolute atomic E-state index is 14.6. The Kier molecular flexibility index (Phi) is 5.13. The second-order valence-corrected chi connectivity index (χ2v) is 5.89. The molecular weight excluding hydrogens is 318 g/mol. The standard InChI is InChI=1S/C22H20F2O/c1-3-5-6-15-7-8-17-14-20(22(24)21(23)19(17)13-15)16-9-11-18(12-10-16)25-4-2/h3,7-14H,1,4-6H2,2H3. The number of hydrogen-bond acceptors (Lipinski definition) is 1. The Morgan fingerprint density at radius 1 is 1.00 bits per heavy atom. The Hall–Kier alpha value is -2.68. The summed E-state index contributed by atoms with van der Waals surface area (Å²) >= 11 is 0. The van der Waals surface area contributed by atoms with Crippen molar-refractivity contribution in [3.8, 4) is 16.9 Å².